The average molecular weight is 339 g/mol. The highest BCUT2D eigenvalue weighted by molar-refractivity contribution is 8.54. The van der Waals surface area contributed by atoms with Crippen molar-refractivity contribution in [3.05, 3.63) is 0 Å². The Morgan fingerprint density at radius 1 is 1.29 bits per heavy atom. The lowest BCUT2D eigenvalue weighted by Gasteiger charge is -2.30. The lowest BCUT2D eigenvalue weighted by atomic mass is 9.89. The van der Waals surface area contributed by atoms with Gasteiger partial charge in [-0.05, 0) is 64.1 Å². The molecular weight excluding hydrogens is 313 g/mol. The Kier molecular flexibility index (Phi) is 7.71. The summed E-state index contributed by atoms with van der Waals surface area (Å²) in [6, 6.07) is 0. The number of rotatable bonds is 8. The van der Waals surface area contributed by atoms with Gasteiger partial charge in [0.05, 0.1) is 5.41 Å². The van der Waals surface area contributed by atoms with Crippen LogP contribution >= 0.6 is 18.2 Å². The summed E-state index contributed by atoms with van der Waals surface area (Å²) in [5.74, 6) is -0.191. The van der Waals surface area contributed by atoms with Crippen LogP contribution in [0.15, 0.2) is 0 Å². The van der Waals surface area contributed by atoms with Crippen molar-refractivity contribution in [2.24, 2.45) is 5.41 Å². The zero-order valence-electron chi connectivity index (χ0n) is 12.8. The third kappa shape index (κ3) is 8.21. The lowest BCUT2D eigenvalue weighted by Crippen LogP contribution is -2.36. The summed E-state index contributed by atoms with van der Waals surface area (Å²) in [6.45, 7) is 2.75. The van der Waals surface area contributed by atoms with E-state index in [0.717, 1.165) is 26.1 Å². The Bertz CT molecular complexity index is 379. The first-order chi connectivity index (χ1) is 9.71. The van der Waals surface area contributed by atoms with Gasteiger partial charge < -0.3 is 19.4 Å². The van der Waals surface area contributed by atoms with Crippen LogP contribution in [0.25, 0.3) is 0 Å². The highest BCUT2D eigenvalue weighted by Crippen LogP contribution is 2.49. The van der Waals surface area contributed by atoms with Crippen molar-refractivity contribution in [2.45, 2.75) is 39.5 Å². The standard InChI is InChI=1S/C13H26NO5PS/c1-13(2,6-9-14-7-4-3-5-8-14)12(15)19-10-11-21-20(16,17)18/h3-11H2,1-2H3,(H2,16,17,18). The molecule has 1 saturated heterocycles. The van der Waals surface area contributed by atoms with Gasteiger partial charge in [0.15, 0.2) is 0 Å². The van der Waals surface area contributed by atoms with E-state index in [-0.39, 0.29) is 18.3 Å². The summed E-state index contributed by atoms with van der Waals surface area (Å²) in [5, 5.41) is 0. The van der Waals surface area contributed by atoms with Crippen LogP contribution in [-0.4, -0.2) is 52.7 Å². The summed E-state index contributed by atoms with van der Waals surface area (Å²) in [7, 11) is 0. The van der Waals surface area contributed by atoms with Gasteiger partial charge in [-0.1, -0.05) is 6.42 Å². The molecular formula is C13H26NO5PS. The van der Waals surface area contributed by atoms with Gasteiger partial charge in [0.1, 0.15) is 6.61 Å². The van der Waals surface area contributed by atoms with Crippen molar-refractivity contribution in [1.29, 1.82) is 0 Å². The molecule has 0 aromatic rings. The Morgan fingerprint density at radius 2 is 1.90 bits per heavy atom. The molecule has 1 fully saturated rings. The maximum absolute atomic E-state index is 12.0. The predicted octanol–water partition coefficient (Wildman–Crippen LogP) is 2.26. The van der Waals surface area contributed by atoms with Gasteiger partial charge in [-0.2, -0.15) is 0 Å². The van der Waals surface area contributed by atoms with Crippen LogP contribution in [0.3, 0.4) is 0 Å². The maximum atomic E-state index is 12.0. The van der Waals surface area contributed by atoms with Crippen molar-refractivity contribution in [3.8, 4) is 0 Å². The van der Waals surface area contributed by atoms with Crippen LogP contribution in [0, 0.1) is 5.41 Å². The number of likely N-dealkylation sites (tertiary alicyclic amines) is 1. The normalized spacial score (nSPS) is 17.7. The van der Waals surface area contributed by atoms with Crippen molar-refractivity contribution in [3.63, 3.8) is 0 Å². The fourth-order valence-electron chi connectivity index (χ4n) is 2.21. The van der Waals surface area contributed by atoms with Crippen LogP contribution in [0.1, 0.15) is 39.5 Å². The Morgan fingerprint density at radius 3 is 2.48 bits per heavy atom. The molecule has 1 aliphatic rings. The van der Waals surface area contributed by atoms with Gasteiger partial charge in [-0.3, -0.25) is 4.79 Å². The monoisotopic (exact) mass is 339 g/mol. The largest absolute Gasteiger partial charge is 0.464 e. The van der Waals surface area contributed by atoms with Gasteiger partial charge in [0.25, 0.3) is 0 Å². The number of carbonyl (C=O) groups is 1. The molecule has 0 aliphatic carbocycles. The number of esters is 1. The van der Waals surface area contributed by atoms with E-state index in [0.29, 0.717) is 11.4 Å². The number of hydrogen-bond acceptors (Lipinski definition) is 5. The molecule has 0 saturated carbocycles. The van der Waals surface area contributed by atoms with Crippen LogP contribution < -0.4 is 0 Å². The van der Waals surface area contributed by atoms with Gasteiger partial charge >= 0.3 is 12.8 Å². The molecule has 0 spiro atoms. The van der Waals surface area contributed by atoms with E-state index in [4.69, 9.17) is 14.5 Å². The minimum atomic E-state index is -4.08. The second-order valence-corrected chi connectivity index (χ2v) is 9.85. The Hall–Kier alpha value is -0.0700. The molecule has 0 radical (unpaired) electrons. The highest BCUT2D eigenvalue weighted by atomic mass is 32.7. The summed E-state index contributed by atoms with van der Waals surface area (Å²) in [6.07, 6.45) is 4.48. The first-order valence-electron chi connectivity index (χ1n) is 7.30. The van der Waals surface area contributed by atoms with E-state index >= 15 is 0 Å². The van der Waals surface area contributed by atoms with Crippen molar-refractivity contribution >= 4 is 24.1 Å². The molecule has 2 N–H and O–H groups in total. The lowest BCUT2D eigenvalue weighted by molar-refractivity contribution is -0.153. The fraction of sp³-hybridized carbons (Fsp3) is 0.923. The number of piperidine rings is 1. The van der Waals surface area contributed by atoms with E-state index in [1.165, 1.54) is 19.3 Å². The van der Waals surface area contributed by atoms with Gasteiger partial charge in [0.2, 0.25) is 0 Å². The second kappa shape index (κ2) is 8.53. The maximum Gasteiger partial charge on any atom is 0.384 e. The van der Waals surface area contributed by atoms with Crippen molar-refractivity contribution < 1.29 is 23.9 Å². The van der Waals surface area contributed by atoms with Gasteiger partial charge in [-0.25, -0.2) is 4.57 Å². The van der Waals surface area contributed by atoms with Gasteiger partial charge in [-0.15, -0.1) is 0 Å². The smallest absolute Gasteiger partial charge is 0.384 e. The number of nitrogens with zero attached hydrogens (tertiary/aromatic N) is 1. The number of hydrogen-bond donors (Lipinski definition) is 2. The molecule has 0 atom stereocenters. The summed E-state index contributed by atoms with van der Waals surface area (Å²) >= 11 is 0.503. The predicted molar refractivity (Wildman–Crippen MR) is 84.2 cm³/mol. The topological polar surface area (TPSA) is 87.1 Å². The molecule has 0 bridgehead atoms. The number of carbonyl (C=O) groups excluding carboxylic acids is 1. The van der Waals surface area contributed by atoms with E-state index in [2.05, 4.69) is 4.90 Å². The Labute approximate surface area is 130 Å². The van der Waals surface area contributed by atoms with Crippen LogP contribution in [0.4, 0.5) is 0 Å². The first kappa shape index (κ1) is 19.0. The molecule has 0 aromatic carbocycles. The van der Waals surface area contributed by atoms with Crippen molar-refractivity contribution in [2.75, 3.05) is 32.0 Å². The van der Waals surface area contributed by atoms with Crippen molar-refractivity contribution in [1.82, 2.24) is 4.90 Å². The van der Waals surface area contributed by atoms with E-state index < -0.39 is 12.2 Å². The third-order valence-corrected chi connectivity index (χ3v) is 5.87. The molecule has 21 heavy (non-hydrogen) atoms. The zero-order chi connectivity index (χ0) is 15.9. The number of ether oxygens (including phenoxy) is 1. The minimum absolute atomic E-state index is 0.0295. The molecule has 0 aromatic heterocycles. The Balaban J connectivity index is 2.25. The van der Waals surface area contributed by atoms with E-state index in [1.807, 2.05) is 13.8 Å². The third-order valence-electron chi connectivity index (χ3n) is 3.63. The summed E-state index contributed by atoms with van der Waals surface area (Å²) < 4.78 is 15.8. The van der Waals surface area contributed by atoms with Crippen LogP contribution in [0.2, 0.25) is 0 Å². The molecule has 1 rings (SSSR count). The average Bonchev–Trinajstić information content (AvgIpc) is 2.41. The summed E-state index contributed by atoms with van der Waals surface area (Å²) in [4.78, 5) is 31.8. The zero-order valence-corrected chi connectivity index (χ0v) is 14.5. The van der Waals surface area contributed by atoms with Crippen LogP contribution in [0.5, 0.6) is 0 Å². The first-order valence-corrected chi connectivity index (χ1v) is 10.5. The van der Waals surface area contributed by atoms with Crippen LogP contribution in [-0.2, 0) is 14.1 Å². The molecule has 1 heterocycles. The molecule has 0 amide bonds. The quantitative estimate of drug-likeness (QED) is 0.398. The molecule has 0 unspecified atom stereocenters. The van der Waals surface area contributed by atoms with E-state index in [9.17, 15) is 9.36 Å². The minimum Gasteiger partial charge on any atom is -0.464 e. The fourth-order valence-corrected chi connectivity index (χ4v) is 3.54. The SMILES string of the molecule is CC(C)(CCN1CCCCC1)C(=O)OCCSP(=O)(O)O. The molecule has 6 nitrogen and oxygen atoms in total. The second-order valence-electron chi connectivity index (χ2n) is 6.00. The highest BCUT2D eigenvalue weighted by Gasteiger charge is 2.30. The van der Waals surface area contributed by atoms with Gasteiger partial charge in [0, 0.05) is 5.75 Å². The molecule has 8 heteroatoms. The molecule has 1 aliphatic heterocycles. The molecule has 124 valence electrons. The summed E-state index contributed by atoms with van der Waals surface area (Å²) in [5.41, 5.74) is -0.565. The van der Waals surface area contributed by atoms with E-state index in [1.54, 1.807) is 0 Å².